The van der Waals surface area contributed by atoms with Crippen molar-refractivity contribution >= 4 is 0 Å². The van der Waals surface area contributed by atoms with E-state index >= 15 is 0 Å². The lowest BCUT2D eigenvalue weighted by molar-refractivity contribution is -0.281. The van der Waals surface area contributed by atoms with E-state index < -0.39 is 18.6 Å². The summed E-state index contributed by atoms with van der Waals surface area (Å²) in [5.74, 6) is -0.619. The van der Waals surface area contributed by atoms with Crippen molar-refractivity contribution in [2.75, 3.05) is 13.2 Å². The number of hydrogen-bond donors (Lipinski definition) is 2. The SMILES string of the molecule is NC[C@@H](O)COc1cccc2c1OC(F)C(F)(F)O2. The molecule has 1 heterocycles. The van der Waals surface area contributed by atoms with E-state index in [0.29, 0.717) is 0 Å². The molecule has 0 saturated carbocycles. The third-order valence-corrected chi connectivity index (χ3v) is 2.38. The lowest BCUT2D eigenvalue weighted by atomic mass is 10.2. The van der Waals surface area contributed by atoms with Gasteiger partial charge in [0.15, 0.2) is 11.5 Å². The van der Waals surface area contributed by atoms with E-state index in [1.807, 2.05) is 0 Å². The van der Waals surface area contributed by atoms with Crippen LogP contribution in [0.25, 0.3) is 0 Å². The topological polar surface area (TPSA) is 73.9 Å². The van der Waals surface area contributed by atoms with Crippen LogP contribution in [-0.4, -0.2) is 36.8 Å². The molecule has 0 fully saturated rings. The predicted octanol–water partition coefficient (Wildman–Crippen LogP) is 1.04. The molecule has 0 radical (unpaired) electrons. The van der Waals surface area contributed by atoms with E-state index in [9.17, 15) is 18.3 Å². The van der Waals surface area contributed by atoms with E-state index in [4.69, 9.17) is 10.5 Å². The first-order valence-corrected chi connectivity index (χ1v) is 5.45. The summed E-state index contributed by atoms with van der Waals surface area (Å²) in [4.78, 5) is 0. The quantitative estimate of drug-likeness (QED) is 0.861. The molecule has 19 heavy (non-hydrogen) atoms. The van der Waals surface area contributed by atoms with Crippen molar-refractivity contribution in [3.63, 3.8) is 0 Å². The molecule has 3 N–H and O–H groups in total. The van der Waals surface area contributed by atoms with Gasteiger partial charge in [-0.2, -0.15) is 13.2 Å². The van der Waals surface area contributed by atoms with Crippen LogP contribution in [0.1, 0.15) is 0 Å². The molecule has 8 heteroatoms. The zero-order valence-corrected chi connectivity index (χ0v) is 9.68. The minimum Gasteiger partial charge on any atom is -0.487 e. The molecule has 2 rings (SSSR count). The van der Waals surface area contributed by atoms with E-state index in [2.05, 4.69) is 9.47 Å². The second-order valence-electron chi connectivity index (χ2n) is 3.88. The normalized spacial score (nSPS) is 21.8. The summed E-state index contributed by atoms with van der Waals surface area (Å²) in [6.45, 7) is -0.208. The average molecular weight is 279 g/mol. The van der Waals surface area contributed by atoms with Crippen molar-refractivity contribution in [2.45, 2.75) is 18.6 Å². The number of aliphatic hydroxyl groups is 1. The summed E-state index contributed by atoms with van der Waals surface area (Å²) in [5.41, 5.74) is 5.19. The molecule has 106 valence electrons. The molecule has 0 spiro atoms. The van der Waals surface area contributed by atoms with Crippen molar-refractivity contribution in [3.8, 4) is 17.2 Å². The summed E-state index contributed by atoms with van der Waals surface area (Å²) >= 11 is 0. The summed E-state index contributed by atoms with van der Waals surface area (Å²) in [5, 5.41) is 9.24. The lowest BCUT2D eigenvalue weighted by Crippen LogP contribution is -2.43. The number of alkyl halides is 3. The number of ether oxygens (including phenoxy) is 3. The van der Waals surface area contributed by atoms with Gasteiger partial charge in [0, 0.05) is 6.54 Å². The van der Waals surface area contributed by atoms with Gasteiger partial charge in [-0.1, -0.05) is 6.07 Å². The van der Waals surface area contributed by atoms with Crippen LogP contribution < -0.4 is 19.9 Å². The van der Waals surface area contributed by atoms with Crippen molar-refractivity contribution in [1.29, 1.82) is 0 Å². The van der Waals surface area contributed by atoms with Crippen LogP contribution in [0.15, 0.2) is 18.2 Å². The highest BCUT2D eigenvalue weighted by Gasteiger charge is 2.50. The predicted molar refractivity (Wildman–Crippen MR) is 58.1 cm³/mol. The van der Waals surface area contributed by atoms with E-state index in [1.165, 1.54) is 18.2 Å². The second kappa shape index (κ2) is 5.14. The van der Waals surface area contributed by atoms with Crippen molar-refractivity contribution in [3.05, 3.63) is 18.2 Å². The highest BCUT2D eigenvalue weighted by Crippen LogP contribution is 2.45. The van der Waals surface area contributed by atoms with Crippen molar-refractivity contribution < 1.29 is 32.5 Å². The summed E-state index contributed by atoms with van der Waals surface area (Å²) in [6, 6.07) is 3.95. The van der Waals surface area contributed by atoms with E-state index in [0.717, 1.165) is 0 Å². The Balaban J connectivity index is 2.20. The van der Waals surface area contributed by atoms with Crippen LogP contribution in [0.3, 0.4) is 0 Å². The Bertz CT molecular complexity index is 458. The molecule has 1 unspecified atom stereocenters. The molecule has 1 aliphatic heterocycles. The average Bonchev–Trinajstić information content (AvgIpc) is 2.37. The molecule has 1 aromatic rings. The maximum Gasteiger partial charge on any atom is 0.468 e. The van der Waals surface area contributed by atoms with Gasteiger partial charge in [-0.15, -0.1) is 0 Å². The van der Waals surface area contributed by atoms with Gasteiger partial charge in [-0.05, 0) is 12.1 Å². The molecule has 1 aliphatic rings. The smallest absolute Gasteiger partial charge is 0.468 e. The third kappa shape index (κ3) is 2.85. The van der Waals surface area contributed by atoms with Gasteiger partial charge in [-0.3, -0.25) is 0 Å². The van der Waals surface area contributed by atoms with Gasteiger partial charge in [-0.25, -0.2) is 0 Å². The number of fused-ring (bicyclic) bond motifs is 1. The molecule has 0 bridgehead atoms. The molecule has 0 amide bonds. The van der Waals surface area contributed by atoms with Gasteiger partial charge >= 0.3 is 12.5 Å². The van der Waals surface area contributed by atoms with Crippen LogP contribution in [0.4, 0.5) is 13.2 Å². The zero-order chi connectivity index (χ0) is 14.0. The number of hydrogen-bond acceptors (Lipinski definition) is 5. The maximum absolute atomic E-state index is 13.1. The summed E-state index contributed by atoms with van der Waals surface area (Å²) in [7, 11) is 0. The largest absolute Gasteiger partial charge is 0.487 e. The second-order valence-corrected chi connectivity index (χ2v) is 3.88. The van der Waals surface area contributed by atoms with Gasteiger partial charge in [0.05, 0.1) is 0 Å². The molecule has 2 atom stereocenters. The van der Waals surface area contributed by atoms with Gasteiger partial charge < -0.3 is 25.1 Å². The standard InChI is InChI=1S/C11H12F3NO4/c12-10-11(13,14)19-8-3-1-2-7(9(8)18-10)17-5-6(16)4-15/h1-3,6,10,16H,4-5,15H2/t6-,10?/m1/s1. The van der Waals surface area contributed by atoms with E-state index in [-0.39, 0.29) is 30.4 Å². The molecule has 1 aromatic carbocycles. The maximum atomic E-state index is 13.1. The summed E-state index contributed by atoms with van der Waals surface area (Å²) < 4.78 is 52.8. The first-order valence-electron chi connectivity index (χ1n) is 5.45. The highest BCUT2D eigenvalue weighted by atomic mass is 19.3. The van der Waals surface area contributed by atoms with Crippen molar-refractivity contribution in [2.24, 2.45) is 5.73 Å². The Hall–Kier alpha value is -1.67. The fraction of sp³-hybridized carbons (Fsp3) is 0.455. The monoisotopic (exact) mass is 279 g/mol. The van der Waals surface area contributed by atoms with Crippen LogP contribution in [-0.2, 0) is 0 Å². The Morgan fingerprint density at radius 1 is 1.47 bits per heavy atom. The zero-order valence-electron chi connectivity index (χ0n) is 9.68. The Kier molecular flexibility index (Phi) is 3.72. The van der Waals surface area contributed by atoms with Crippen LogP contribution in [0, 0.1) is 0 Å². The molecule has 0 aromatic heterocycles. The number of rotatable bonds is 4. The number of halogens is 3. The van der Waals surface area contributed by atoms with Crippen LogP contribution in [0.5, 0.6) is 17.2 Å². The first kappa shape index (κ1) is 13.8. The fourth-order valence-corrected chi connectivity index (χ4v) is 1.42. The Morgan fingerprint density at radius 3 is 2.89 bits per heavy atom. The first-order chi connectivity index (χ1) is 8.94. The minimum atomic E-state index is -4.05. The molecular formula is C11H12F3NO4. The Morgan fingerprint density at radius 2 is 2.21 bits per heavy atom. The molecule has 5 nitrogen and oxygen atoms in total. The number of benzene rings is 1. The number of para-hydroxylation sites is 1. The molecule has 0 saturated heterocycles. The molecular weight excluding hydrogens is 267 g/mol. The van der Waals surface area contributed by atoms with Gasteiger partial charge in [0.25, 0.3) is 0 Å². The minimum absolute atomic E-state index is 0.0110. The lowest BCUT2D eigenvalue weighted by Gasteiger charge is -2.29. The highest BCUT2D eigenvalue weighted by molar-refractivity contribution is 5.52. The van der Waals surface area contributed by atoms with Crippen LogP contribution in [0.2, 0.25) is 0 Å². The van der Waals surface area contributed by atoms with Gasteiger partial charge in [0.2, 0.25) is 5.75 Å². The molecule has 0 aliphatic carbocycles. The summed E-state index contributed by atoms with van der Waals surface area (Å²) in [6.07, 6.45) is -7.91. The Labute approximate surface area is 106 Å². The third-order valence-electron chi connectivity index (χ3n) is 2.38. The van der Waals surface area contributed by atoms with Gasteiger partial charge in [0.1, 0.15) is 12.7 Å². The van der Waals surface area contributed by atoms with Crippen molar-refractivity contribution in [1.82, 2.24) is 0 Å². The number of nitrogens with two attached hydrogens (primary N) is 1. The van der Waals surface area contributed by atoms with E-state index in [1.54, 1.807) is 0 Å². The fourth-order valence-electron chi connectivity index (χ4n) is 1.42. The van der Waals surface area contributed by atoms with Crippen LogP contribution >= 0.6 is 0 Å². The number of aliphatic hydroxyl groups excluding tert-OH is 1.